The second-order valence-corrected chi connectivity index (χ2v) is 11.1. The molecule has 32 heavy (non-hydrogen) atoms. The van der Waals surface area contributed by atoms with Crippen molar-refractivity contribution in [3.63, 3.8) is 0 Å². The number of aryl methyl sites for hydroxylation is 1. The first-order valence-electron chi connectivity index (χ1n) is 11.4. The molecule has 2 saturated heterocycles. The number of hydrogen-bond acceptors (Lipinski definition) is 5. The lowest BCUT2D eigenvalue weighted by Crippen LogP contribution is -2.67. The minimum absolute atomic E-state index is 0.0147. The number of hydrogen-bond donors (Lipinski definition) is 1. The van der Waals surface area contributed by atoms with Crippen LogP contribution in [-0.4, -0.2) is 70.6 Å². The zero-order valence-corrected chi connectivity index (χ0v) is 19.2. The van der Waals surface area contributed by atoms with E-state index in [9.17, 15) is 13.5 Å². The normalized spacial score (nSPS) is 26.9. The van der Waals surface area contributed by atoms with Crippen LogP contribution in [0.5, 0.6) is 0 Å². The molecule has 5 rings (SSSR count). The highest BCUT2D eigenvalue weighted by Gasteiger charge is 2.50. The van der Waals surface area contributed by atoms with Crippen LogP contribution >= 0.6 is 0 Å². The van der Waals surface area contributed by atoms with Gasteiger partial charge in [-0.25, -0.2) is 13.4 Å². The number of fused-ring (bicyclic) bond motifs is 1. The summed E-state index contributed by atoms with van der Waals surface area (Å²) in [6.45, 7) is 1.85. The van der Waals surface area contributed by atoms with Crippen LogP contribution in [0, 0.1) is 17.8 Å². The molecule has 0 unspecified atom stereocenters. The molecule has 1 saturated carbocycles. The van der Waals surface area contributed by atoms with Gasteiger partial charge < -0.3 is 9.67 Å². The molecule has 3 fully saturated rings. The van der Waals surface area contributed by atoms with Crippen molar-refractivity contribution in [3.05, 3.63) is 47.9 Å². The van der Waals surface area contributed by atoms with E-state index in [1.807, 2.05) is 12.1 Å². The maximum absolute atomic E-state index is 13.3. The summed E-state index contributed by atoms with van der Waals surface area (Å²) in [5.41, 5.74) is 2.15. The zero-order valence-electron chi connectivity index (χ0n) is 18.4. The van der Waals surface area contributed by atoms with Crippen LogP contribution in [0.2, 0.25) is 0 Å². The van der Waals surface area contributed by atoms with Gasteiger partial charge in [-0.2, -0.15) is 4.31 Å². The van der Waals surface area contributed by atoms with Gasteiger partial charge >= 0.3 is 0 Å². The molecule has 3 atom stereocenters. The van der Waals surface area contributed by atoms with Gasteiger partial charge in [-0.3, -0.25) is 4.90 Å². The molecule has 0 bridgehead atoms. The van der Waals surface area contributed by atoms with Gasteiger partial charge in [-0.15, -0.1) is 0 Å². The molecule has 0 radical (unpaired) electrons. The first-order chi connectivity index (χ1) is 15.5. The number of imidazole rings is 1. The molecule has 2 aliphatic heterocycles. The van der Waals surface area contributed by atoms with Crippen LogP contribution in [-0.2, 0) is 17.1 Å². The van der Waals surface area contributed by atoms with Crippen molar-refractivity contribution in [2.45, 2.75) is 48.7 Å². The summed E-state index contributed by atoms with van der Waals surface area (Å²) in [5, 5.41) is 10.2. The SMILES string of the molecule is Cn1cnc(S(=O)(=O)N2CCCCN3[C@H](C2)[C@@H](c2ccc(C#CC4CC4)cc2)[C@@H]3CO)c1. The summed E-state index contributed by atoms with van der Waals surface area (Å²) in [4.78, 5) is 6.38. The standard InChI is InChI=1S/C24H30N4O3S/c1-26-15-23(25-17-26)32(30,31)27-12-2-3-13-28-21(14-27)24(22(28)16-29)20-10-8-19(9-11-20)7-6-18-4-5-18/h8-11,15,17-18,21-22,24,29H,2-5,12-14,16H2,1H3/t21-,22+,24-/m1/s1. The topological polar surface area (TPSA) is 78.7 Å². The summed E-state index contributed by atoms with van der Waals surface area (Å²) < 4.78 is 29.8. The van der Waals surface area contributed by atoms with Crippen molar-refractivity contribution in [1.29, 1.82) is 0 Å². The third-order valence-electron chi connectivity index (χ3n) is 6.91. The molecule has 3 heterocycles. The maximum atomic E-state index is 13.3. The Labute approximate surface area is 190 Å². The first kappa shape index (κ1) is 21.7. The van der Waals surface area contributed by atoms with Gasteiger partial charge in [0.2, 0.25) is 0 Å². The highest BCUT2D eigenvalue weighted by Crippen LogP contribution is 2.42. The van der Waals surface area contributed by atoms with E-state index in [1.54, 1.807) is 22.1 Å². The quantitative estimate of drug-likeness (QED) is 0.713. The van der Waals surface area contributed by atoms with Crippen molar-refractivity contribution >= 4 is 10.0 Å². The predicted molar refractivity (Wildman–Crippen MR) is 121 cm³/mol. The fourth-order valence-electron chi connectivity index (χ4n) is 4.98. The highest BCUT2D eigenvalue weighted by molar-refractivity contribution is 7.89. The summed E-state index contributed by atoms with van der Waals surface area (Å²) in [5.74, 6) is 7.19. The summed E-state index contributed by atoms with van der Waals surface area (Å²) in [6, 6.07) is 8.34. The number of rotatable bonds is 4. The van der Waals surface area contributed by atoms with Gasteiger partial charge in [0.15, 0.2) is 5.03 Å². The Balaban J connectivity index is 1.39. The molecule has 1 aliphatic carbocycles. The van der Waals surface area contributed by atoms with Crippen LogP contribution in [0.15, 0.2) is 41.8 Å². The third-order valence-corrected chi connectivity index (χ3v) is 8.66. The Morgan fingerprint density at radius 1 is 1.16 bits per heavy atom. The molecule has 3 aliphatic rings. The molecule has 1 aromatic carbocycles. The Morgan fingerprint density at radius 2 is 1.91 bits per heavy atom. The van der Waals surface area contributed by atoms with Crippen molar-refractivity contribution in [2.24, 2.45) is 13.0 Å². The number of nitrogens with zero attached hydrogens (tertiary/aromatic N) is 4. The molecule has 7 nitrogen and oxygen atoms in total. The Hall–Kier alpha value is -2.18. The van der Waals surface area contributed by atoms with Gasteiger partial charge in [0.1, 0.15) is 0 Å². The van der Waals surface area contributed by atoms with E-state index in [-0.39, 0.29) is 29.6 Å². The van der Waals surface area contributed by atoms with Crippen LogP contribution in [0.4, 0.5) is 0 Å². The Kier molecular flexibility index (Phi) is 5.84. The van der Waals surface area contributed by atoms with E-state index < -0.39 is 10.0 Å². The van der Waals surface area contributed by atoms with Crippen molar-refractivity contribution in [1.82, 2.24) is 18.8 Å². The van der Waals surface area contributed by atoms with Gasteiger partial charge in [-0.1, -0.05) is 24.0 Å². The largest absolute Gasteiger partial charge is 0.395 e. The fraction of sp³-hybridized carbons (Fsp3) is 0.542. The number of benzene rings is 1. The lowest BCUT2D eigenvalue weighted by atomic mass is 9.74. The van der Waals surface area contributed by atoms with Gasteiger partial charge in [-0.05, 0) is 49.9 Å². The number of sulfonamides is 1. The maximum Gasteiger partial charge on any atom is 0.262 e. The highest BCUT2D eigenvalue weighted by atomic mass is 32.2. The van der Waals surface area contributed by atoms with E-state index in [2.05, 4.69) is 33.9 Å². The third kappa shape index (κ3) is 4.11. The van der Waals surface area contributed by atoms with E-state index in [0.717, 1.165) is 30.5 Å². The number of aliphatic hydroxyl groups excluding tert-OH is 1. The van der Waals surface area contributed by atoms with Crippen LogP contribution in [0.3, 0.4) is 0 Å². The van der Waals surface area contributed by atoms with E-state index >= 15 is 0 Å². The average molecular weight is 455 g/mol. The predicted octanol–water partition coefficient (Wildman–Crippen LogP) is 1.79. The summed E-state index contributed by atoms with van der Waals surface area (Å²) in [7, 11) is -1.88. The fourth-order valence-corrected chi connectivity index (χ4v) is 6.45. The van der Waals surface area contributed by atoms with Gasteiger partial charge in [0.05, 0.1) is 12.9 Å². The van der Waals surface area contributed by atoms with Gasteiger partial charge in [0.25, 0.3) is 10.0 Å². The molecule has 1 N–H and O–H groups in total. The van der Waals surface area contributed by atoms with Crippen molar-refractivity contribution in [2.75, 3.05) is 26.2 Å². The van der Waals surface area contributed by atoms with E-state index in [4.69, 9.17) is 0 Å². The molecule has 0 amide bonds. The smallest absolute Gasteiger partial charge is 0.262 e. The Morgan fingerprint density at radius 3 is 2.56 bits per heavy atom. The lowest BCUT2D eigenvalue weighted by molar-refractivity contribution is -0.0554. The van der Waals surface area contributed by atoms with Gasteiger partial charge in [0, 0.05) is 55.8 Å². The van der Waals surface area contributed by atoms with Crippen LogP contribution in [0.1, 0.15) is 42.7 Å². The van der Waals surface area contributed by atoms with E-state index in [1.165, 1.54) is 19.2 Å². The average Bonchev–Trinajstić information content (AvgIpc) is 3.49. The lowest BCUT2D eigenvalue weighted by Gasteiger charge is -2.57. The second-order valence-electron chi connectivity index (χ2n) is 9.19. The minimum atomic E-state index is -3.66. The van der Waals surface area contributed by atoms with Crippen molar-refractivity contribution < 1.29 is 13.5 Å². The zero-order chi connectivity index (χ0) is 22.3. The monoisotopic (exact) mass is 454 g/mol. The van der Waals surface area contributed by atoms with Crippen LogP contribution in [0.25, 0.3) is 0 Å². The first-order valence-corrected chi connectivity index (χ1v) is 12.9. The Bertz CT molecular complexity index is 1130. The molecule has 2 aromatic rings. The van der Waals surface area contributed by atoms with Crippen LogP contribution < -0.4 is 0 Å². The summed E-state index contributed by atoms with van der Waals surface area (Å²) in [6.07, 6.45) is 7.20. The molecule has 170 valence electrons. The second kappa shape index (κ2) is 8.64. The molecule has 8 heteroatoms. The molecule has 0 spiro atoms. The molecular formula is C24H30N4O3S. The number of aliphatic hydroxyl groups is 1. The summed E-state index contributed by atoms with van der Waals surface area (Å²) >= 11 is 0. The minimum Gasteiger partial charge on any atom is -0.395 e. The molecule has 1 aromatic heterocycles. The number of aromatic nitrogens is 2. The molecular weight excluding hydrogens is 424 g/mol. The van der Waals surface area contributed by atoms with Crippen molar-refractivity contribution in [3.8, 4) is 11.8 Å². The van der Waals surface area contributed by atoms with E-state index in [0.29, 0.717) is 19.0 Å².